The van der Waals surface area contributed by atoms with Crippen LogP contribution in [0.4, 0.5) is 5.69 Å². The van der Waals surface area contributed by atoms with Crippen molar-refractivity contribution in [2.45, 2.75) is 25.7 Å². The zero-order chi connectivity index (χ0) is 23.0. The Morgan fingerprint density at radius 1 is 1.03 bits per heavy atom. The Labute approximate surface area is 182 Å². The number of nitrogens with zero attached hydrogens (tertiary/aromatic N) is 1. The highest BCUT2D eigenvalue weighted by Crippen LogP contribution is 2.21. The molecule has 0 saturated heterocycles. The van der Waals surface area contributed by atoms with Crippen LogP contribution < -0.4 is 16.6 Å². The van der Waals surface area contributed by atoms with Gasteiger partial charge in [-0.15, -0.1) is 22.7 Å². The summed E-state index contributed by atoms with van der Waals surface area (Å²) in [6.45, 7) is 0. The first-order valence-corrected chi connectivity index (χ1v) is 10.5. The van der Waals surface area contributed by atoms with Crippen molar-refractivity contribution < 1.29 is 29.4 Å². The first kappa shape index (κ1) is 23.7. The molecule has 0 saturated carbocycles. The number of nitrogens with one attached hydrogen (secondary N) is 2. The number of aromatic amines is 1. The zero-order valence-corrected chi connectivity index (χ0v) is 17.5. The highest BCUT2D eigenvalue weighted by Gasteiger charge is 2.13. The van der Waals surface area contributed by atoms with Gasteiger partial charge in [-0.3, -0.25) is 24.0 Å². The molecule has 0 aliphatic carbocycles. The zero-order valence-electron chi connectivity index (χ0n) is 15.9. The number of primary amides is 1. The summed E-state index contributed by atoms with van der Waals surface area (Å²) in [7, 11) is 0. The van der Waals surface area contributed by atoms with Gasteiger partial charge < -0.3 is 26.2 Å². The number of amides is 2. The summed E-state index contributed by atoms with van der Waals surface area (Å²) in [4.78, 5) is 61.2. The molecule has 164 valence electrons. The fraction of sp³-hybridized carbons (Fsp3) is 0.222. The first-order valence-electron chi connectivity index (χ1n) is 8.74. The Balaban J connectivity index is 0.000000220. The van der Waals surface area contributed by atoms with Crippen molar-refractivity contribution in [1.82, 2.24) is 9.97 Å². The highest BCUT2D eigenvalue weighted by atomic mass is 32.1. The molecule has 0 aliphatic rings. The summed E-state index contributed by atoms with van der Waals surface area (Å²) in [5.41, 5.74) is 5.84. The highest BCUT2D eigenvalue weighted by molar-refractivity contribution is 7.17. The second-order valence-corrected chi connectivity index (χ2v) is 7.84. The van der Waals surface area contributed by atoms with Crippen molar-refractivity contribution in [3.63, 3.8) is 0 Å². The van der Waals surface area contributed by atoms with E-state index in [1.807, 2.05) is 0 Å². The summed E-state index contributed by atoms with van der Waals surface area (Å²) >= 11 is 2.44. The number of aromatic nitrogens is 2. The lowest BCUT2D eigenvalue weighted by Gasteiger charge is -2.03. The number of carboxylic acid groups (broad SMARTS) is 2. The lowest BCUT2D eigenvalue weighted by Crippen LogP contribution is -2.16. The van der Waals surface area contributed by atoms with E-state index in [1.165, 1.54) is 11.3 Å². The molecule has 3 heterocycles. The summed E-state index contributed by atoms with van der Waals surface area (Å²) in [5, 5.41) is 22.7. The quantitative estimate of drug-likeness (QED) is 0.330. The van der Waals surface area contributed by atoms with Crippen molar-refractivity contribution in [2.75, 3.05) is 5.32 Å². The Hall–Kier alpha value is -3.58. The van der Waals surface area contributed by atoms with Gasteiger partial charge in [-0.25, -0.2) is 4.98 Å². The standard InChI is InChI=1S/C9H10N2O4S.C9H8N2O3S/c10-9(15)8-5(3-4-16-8)11-6(12)1-2-7(13)14;12-7(13)2-1-6-10-5-3-4-15-8(5)9(14)11-6/h3-4H,1-2H2,(H2,10,15)(H,11,12)(H,13,14);3-4H,1-2H2,(H,12,13)(H,10,11,14). The largest absolute Gasteiger partial charge is 0.481 e. The van der Waals surface area contributed by atoms with E-state index in [2.05, 4.69) is 15.3 Å². The Bertz CT molecular complexity index is 1170. The van der Waals surface area contributed by atoms with Crippen LogP contribution in [0.3, 0.4) is 0 Å². The van der Waals surface area contributed by atoms with E-state index >= 15 is 0 Å². The fourth-order valence-corrected chi connectivity index (χ4v) is 3.72. The van der Waals surface area contributed by atoms with Crippen molar-refractivity contribution >= 4 is 62.3 Å². The molecule has 0 radical (unpaired) electrons. The van der Waals surface area contributed by atoms with Gasteiger partial charge in [-0.2, -0.15) is 0 Å². The maximum Gasteiger partial charge on any atom is 0.303 e. The predicted octanol–water partition coefficient (Wildman–Crippen LogP) is 1.65. The van der Waals surface area contributed by atoms with Gasteiger partial charge in [0.25, 0.3) is 11.5 Å². The molecular weight excluding hydrogens is 448 g/mol. The second-order valence-electron chi connectivity index (χ2n) is 6.01. The van der Waals surface area contributed by atoms with E-state index in [9.17, 15) is 24.0 Å². The molecule has 3 rings (SSSR count). The average Bonchev–Trinajstić information content (AvgIpc) is 3.35. The van der Waals surface area contributed by atoms with Crippen LogP contribution in [-0.4, -0.2) is 43.9 Å². The molecule has 0 aromatic carbocycles. The molecule has 3 aromatic rings. The summed E-state index contributed by atoms with van der Waals surface area (Å²) in [5.74, 6) is -2.60. The fourth-order valence-electron chi connectivity index (χ4n) is 2.30. The van der Waals surface area contributed by atoms with Crippen LogP contribution in [0.15, 0.2) is 27.7 Å². The summed E-state index contributed by atoms with van der Waals surface area (Å²) in [6.07, 6.45) is -0.166. The molecule has 0 atom stereocenters. The molecule has 0 bridgehead atoms. The maximum absolute atomic E-state index is 11.5. The van der Waals surface area contributed by atoms with Gasteiger partial charge in [-0.1, -0.05) is 0 Å². The number of aliphatic carboxylic acids is 2. The SMILES string of the molecule is NC(=O)c1sccc1NC(=O)CCC(=O)O.O=C(O)CCc1nc2ccsc2c(=O)[nH]1. The maximum atomic E-state index is 11.5. The van der Waals surface area contributed by atoms with Gasteiger partial charge >= 0.3 is 11.9 Å². The molecule has 11 nitrogen and oxygen atoms in total. The molecule has 31 heavy (non-hydrogen) atoms. The lowest BCUT2D eigenvalue weighted by molar-refractivity contribution is -0.138. The van der Waals surface area contributed by atoms with Crippen LogP contribution in [0.5, 0.6) is 0 Å². The number of thiophene rings is 2. The minimum absolute atomic E-state index is 0.0292. The number of hydrogen-bond acceptors (Lipinski definition) is 8. The van der Waals surface area contributed by atoms with E-state index in [0.717, 1.165) is 11.3 Å². The molecule has 0 unspecified atom stereocenters. The Kier molecular flexibility index (Phi) is 8.40. The topological polar surface area (TPSA) is 193 Å². The minimum atomic E-state index is -1.05. The van der Waals surface area contributed by atoms with Crippen LogP contribution in [0.25, 0.3) is 10.2 Å². The van der Waals surface area contributed by atoms with Gasteiger partial charge in [0.15, 0.2) is 0 Å². The van der Waals surface area contributed by atoms with Crippen LogP contribution >= 0.6 is 22.7 Å². The number of rotatable bonds is 8. The van der Waals surface area contributed by atoms with Gasteiger partial charge in [0, 0.05) is 12.8 Å². The number of H-pyrrole nitrogens is 1. The van der Waals surface area contributed by atoms with Crippen molar-refractivity contribution in [2.24, 2.45) is 5.73 Å². The number of carbonyl (C=O) groups excluding carboxylic acids is 2. The summed E-state index contributed by atoms with van der Waals surface area (Å²) < 4.78 is 0.578. The monoisotopic (exact) mass is 466 g/mol. The van der Waals surface area contributed by atoms with Crippen LogP contribution in [0, 0.1) is 0 Å². The normalized spacial score (nSPS) is 10.2. The van der Waals surface area contributed by atoms with E-state index in [1.54, 1.807) is 22.9 Å². The second kappa shape index (κ2) is 11.0. The molecule has 6 N–H and O–H groups in total. The van der Waals surface area contributed by atoms with Crippen molar-refractivity contribution in [1.29, 1.82) is 0 Å². The molecule has 3 aromatic heterocycles. The van der Waals surface area contributed by atoms with Crippen LogP contribution in [0.2, 0.25) is 0 Å². The van der Waals surface area contributed by atoms with Gasteiger partial charge in [-0.05, 0) is 22.9 Å². The van der Waals surface area contributed by atoms with E-state index < -0.39 is 23.8 Å². The smallest absolute Gasteiger partial charge is 0.303 e. The number of carboxylic acids is 2. The third kappa shape index (κ3) is 7.31. The number of nitrogens with two attached hydrogens (primary N) is 1. The lowest BCUT2D eigenvalue weighted by atomic mass is 10.3. The van der Waals surface area contributed by atoms with E-state index in [-0.39, 0.29) is 36.1 Å². The molecule has 2 amide bonds. The number of anilines is 1. The molecular formula is C18H18N4O7S2. The Morgan fingerprint density at radius 3 is 2.35 bits per heavy atom. The van der Waals surface area contributed by atoms with Crippen molar-refractivity contribution in [3.8, 4) is 0 Å². The van der Waals surface area contributed by atoms with Crippen molar-refractivity contribution in [3.05, 3.63) is 43.9 Å². The first-order chi connectivity index (χ1) is 14.7. The number of fused-ring (bicyclic) bond motifs is 1. The number of carbonyl (C=O) groups is 4. The molecule has 0 aliphatic heterocycles. The van der Waals surface area contributed by atoms with Crippen LogP contribution in [-0.2, 0) is 20.8 Å². The van der Waals surface area contributed by atoms with E-state index in [0.29, 0.717) is 21.7 Å². The summed E-state index contributed by atoms with van der Waals surface area (Å²) in [6, 6.07) is 3.29. The molecule has 13 heteroatoms. The van der Waals surface area contributed by atoms with E-state index in [4.69, 9.17) is 15.9 Å². The van der Waals surface area contributed by atoms with Gasteiger partial charge in [0.1, 0.15) is 15.4 Å². The third-order valence-corrected chi connectivity index (χ3v) is 5.50. The molecule has 0 spiro atoms. The van der Waals surface area contributed by atoms with Gasteiger partial charge in [0.05, 0.1) is 24.0 Å². The van der Waals surface area contributed by atoms with Gasteiger partial charge in [0.2, 0.25) is 5.91 Å². The molecule has 0 fully saturated rings. The number of hydrogen-bond donors (Lipinski definition) is 5. The van der Waals surface area contributed by atoms with Crippen LogP contribution in [0.1, 0.15) is 34.8 Å². The average molecular weight is 466 g/mol. The minimum Gasteiger partial charge on any atom is -0.481 e. The Morgan fingerprint density at radius 2 is 1.71 bits per heavy atom. The third-order valence-electron chi connectivity index (χ3n) is 3.67. The number of aryl methyl sites for hydroxylation is 1. The predicted molar refractivity (Wildman–Crippen MR) is 115 cm³/mol.